The van der Waals surface area contributed by atoms with Crippen molar-refractivity contribution in [3.8, 4) is 17.4 Å². The summed E-state index contributed by atoms with van der Waals surface area (Å²) in [7, 11) is 4.34. The van der Waals surface area contributed by atoms with Crippen molar-refractivity contribution in [3.05, 3.63) is 112 Å². The maximum Gasteiger partial charge on any atom is 0.265 e. The van der Waals surface area contributed by atoms with E-state index < -0.39 is 54.2 Å². The summed E-state index contributed by atoms with van der Waals surface area (Å²) in [4.78, 5) is 49.7. The second kappa shape index (κ2) is 17.6. The fraction of sp³-hybridized carbons (Fsp3) is 0.480. The van der Waals surface area contributed by atoms with Gasteiger partial charge in [-0.25, -0.2) is 0 Å². The van der Waals surface area contributed by atoms with Gasteiger partial charge in [0.25, 0.3) is 5.88 Å². The van der Waals surface area contributed by atoms with Gasteiger partial charge in [-0.2, -0.15) is 0 Å². The highest BCUT2D eigenvalue weighted by molar-refractivity contribution is 6.74. The van der Waals surface area contributed by atoms with Crippen molar-refractivity contribution in [2.75, 3.05) is 40.1 Å². The van der Waals surface area contributed by atoms with Crippen molar-refractivity contribution in [2.45, 2.75) is 108 Å². The first-order chi connectivity index (χ1) is 30.5. The normalized spacial score (nSPS) is 23.7. The molecular weight excluding hydrogens is 829 g/mol. The summed E-state index contributed by atoms with van der Waals surface area (Å²) in [5, 5.41) is 20.3. The van der Waals surface area contributed by atoms with Crippen molar-refractivity contribution < 1.29 is 42.6 Å². The molecule has 2 heterocycles. The van der Waals surface area contributed by atoms with Gasteiger partial charge in [0.2, 0.25) is 11.7 Å². The van der Waals surface area contributed by atoms with Gasteiger partial charge in [0, 0.05) is 23.1 Å². The van der Waals surface area contributed by atoms with Gasteiger partial charge in [-0.1, -0.05) is 94.3 Å². The number of nitrogens with zero attached hydrogens (tertiary/aromatic N) is 3. The zero-order valence-corrected chi connectivity index (χ0v) is 39.6. The Bertz CT molecular complexity index is 2440. The number of rotatable bonds is 12. The molecule has 1 aliphatic heterocycles. The number of fused-ring (bicyclic) bond motifs is 4. The molecule has 0 bridgehead atoms. The number of hydrogen-bond donors (Lipinski definition) is 2. The number of ether oxygens (including phenoxy) is 3. The Morgan fingerprint density at radius 2 is 1.64 bits per heavy atom. The standard InChI is InChI=1S/C50H62N4O9Si/c1-49(2,3)64(8,9)63-50-34(41(53(4)5)44-40(46(50)57)48(52-62-44)61-29-31-21-15-11-16-22-31)26-32-25-33-37(59-7)27-35(51-47(58)36-23-17-12-18-24-54(36)6)43(39(33)42(55)38(32)45(50)56)60-28-30-19-13-10-14-20-30/h10-11,13-16,19-22,27,32,34,36,41,56H,12,17-18,23-26,28-29H2,1-9H3,(H,51,58)/t32-,34-,36?,41-,50?/m0/s1. The van der Waals surface area contributed by atoms with Gasteiger partial charge in [0.05, 0.1) is 30.4 Å². The Kier molecular flexibility index (Phi) is 12.5. The number of anilines is 1. The Morgan fingerprint density at radius 3 is 2.27 bits per heavy atom. The van der Waals surface area contributed by atoms with Crippen molar-refractivity contribution in [2.24, 2.45) is 11.8 Å². The van der Waals surface area contributed by atoms with E-state index in [9.17, 15) is 9.90 Å². The number of likely N-dealkylation sites (N-methyl/N-ethyl adjacent to an activating group) is 1. The van der Waals surface area contributed by atoms with Crippen molar-refractivity contribution in [1.82, 2.24) is 15.0 Å². The summed E-state index contributed by atoms with van der Waals surface area (Å²) < 4.78 is 32.4. The van der Waals surface area contributed by atoms with Gasteiger partial charge in [0.15, 0.2) is 31.2 Å². The lowest BCUT2D eigenvalue weighted by molar-refractivity contribution is -0.120. The van der Waals surface area contributed by atoms with Gasteiger partial charge in [-0.3, -0.25) is 24.2 Å². The quantitative estimate of drug-likeness (QED) is 0.131. The van der Waals surface area contributed by atoms with Crippen molar-refractivity contribution in [1.29, 1.82) is 0 Å². The molecule has 14 heteroatoms. The molecule has 13 nitrogen and oxygen atoms in total. The van der Waals surface area contributed by atoms with Crippen molar-refractivity contribution >= 4 is 31.5 Å². The summed E-state index contributed by atoms with van der Waals surface area (Å²) >= 11 is 0. The average molecular weight is 891 g/mol. The summed E-state index contributed by atoms with van der Waals surface area (Å²) in [6.07, 6.45) is 4.22. The molecule has 3 aromatic carbocycles. The van der Waals surface area contributed by atoms with Crippen LogP contribution in [0.3, 0.4) is 0 Å². The number of aliphatic hydroxyl groups excluding tert-OH is 1. The summed E-state index contributed by atoms with van der Waals surface area (Å²) in [6.45, 7) is 11.3. The minimum absolute atomic E-state index is 0.00590. The fourth-order valence-corrected chi connectivity index (χ4v) is 11.4. The molecule has 0 radical (unpaired) electrons. The third kappa shape index (κ3) is 7.96. The van der Waals surface area contributed by atoms with E-state index in [0.29, 0.717) is 23.5 Å². The number of likely N-dealkylation sites (tertiary alicyclic amines) is 1. The number of benzene rings is 3. The number of hydrogen-bond acceptors (Lipinski definition) is 12. The molecule has 5 atom stereocenters. The number of aliphatic hydroxyl groups is 1. The molecular formula is C50H62N4O9Si. The number of carbonyl (C=O) groups is 3. The molecule has 4 aromatic rings. The number of Topliss-reactive ketones (excluding diaryl/α,β-unsaturated/α-hetero) is 2. The molecule has 0 saturated carbocycles. The molecule has 0 spiro atoms. The zero-order chi connectivity index (χ0) is 45.7. The van der Waals surface area contributed by atoms with E-state index in [4.69, 9.17) is 23.2 Å². The van der Waals surface area contributed by atoms with Crippen molar-refractivity contribution in [3.63, 3.8) is 0 Å². The van der Waals surface area contributed by atoms with E-state index in [-0.39, 0.29) is 72.0 Å². The van der Waals surface area contributed by atoms with Crippen LogP contribution in [0, 0.1) is 11.8 Å². The molecule has 64 heavy (non-hydrogen) atoms. The van der Waals surface area contributed by atoms with E-state index in [2.05, 4.69) is 36.1 Å². The highest BCUT2D eigenvalue weighted by atomic mass is 28.4. The third-order valence-electron chi connectivity index (χ3n) is 14.3. The Balaban J connectivity index is 1.31. The number of ketones is 2. The lowest BCUT2D eigenvalue weighted by atomic mass is 9.58. The van der Waals surface area contributed by atoms with E-state index in [1.807, 2.05) is 99.8 Å². The second-order valence-electron chi connectivity index (χ2n) is 19.6. The highest BCUT2D eigenvalue weighted by Gasteiger charge is 2.67. The smallest absolute Gasteiger partial charge is 0.265 e. The van der Waals surface area contributed by atoms with Gasteiger partial charge < -0.3 is 33.6 Å². The maximum atomic E-state index is 15.8. The molecule has 1 fully saturated rings. The van der Waals surface area contributed by atoms with Crippen LogP contribution in [0.25, 0.3) is 0 Å². The minimum Gasteiger partial charge on any atom is -0.508 e. The SMILES string of the molecule is COc1cc(NC(=O)C2CCCCCN2C)c(OCc2ccccc2)c2c1C[C@H]1C[C@H]3[C@H](N(C)C)c4onc(OCc5ccccc5)c4C(=O)C3(O[Si](C)(C)C(C)(C)C)C(O)=C1C2=O. The number of amides is 1. The first kappa shape index (κ1) is 45.3. The average Bonchev–Trinajstić information content (AvgIpc) is 3.55. The zero-order valence-electron chi connectivity index (χ0n) is 38.6. The Hall–Kier alpha value is -5.28. The van der Waals surface area contributed by atoms with Gasteiger partial charge in [-0.15, -0.1) is 0 Å². The minimum atomic E-state index is -2.96. The van der Waals surface area contributed by atoms with E-state index in [0.717, 1.165) is 36.9 Å². The Morgan fingerprint density at radius 1 is 0.984 bits per heavy atom. The summed E-state index contributed by atoms with van der Waals surface area (Å²) in [6, 6.07) is 19.9. The number of aromatic nitrogens is 1. The summed E-state index contributed by atoms with van der Waals surface area (Å²) in [5.41, 5.74) is 0.938. The lowest BCUT2D eigenvalue weighted by Crippen LogP contribution is -2.65. The first-order valence-electron chi connectivity index (χ1n) is 22.5. The maximum absolute atomic E-state index is 15.8. The van der Waals surface area contributed by atoms with Crippen LogP contribution >= 0.6 is 0 Å². The largest absolute Gasteiger partial charge is 0.508 e. The van der Waals surface area contributed by atoms with Crippen LogP contribution in [0.5, 0.6) is 17.4 Å². The van der Waals surface area contributed by atoms with Gasteiger partial charge in [-0.05, 0) is 93.7 Å². The van der Waals surface area contributed by atoms with Crippen LogP contribution < -0.4 is 19.5 Å². The molecule has 2 unspecified atom stereocenters. The van der Waals surface area contributed by atoms with Gasteiger partial charge >= 0.3 is 0 Å². The molecule has 4 aliphatic rings. The monoisotopic (exact) mass is 890 g/mol. The van der Waals surface area contributed by atoms with Gasteiger partial charge in [0.1, 0.15) is 30.3 Å². The van der Waals surface area contributed by atoms with E-state index >= 15 is 9.59 Å². The van der Waals surface area contributed by atoms with Crippen LogP contribution in [0.15, 0.2) is 82.6 Å². The first-order valence-corrected chi connectivity index (χ1v) is 25.4. The van der Waals surface area contributed by atoms with E-state index in [1.165, 1.54) is 0 Å². The molecule has 8 rings (SSSR count). The number of carbonyl (C=O) groups excluding carboxylic acids is 3. The molecule has 1 saturated heterocycles. The number of allylic oxidation sites excluding steroid dienone is 1. The van der Waals surface area contributed by atoms with Crippen LogP contribution in [0.4, 0.5) is 5.69 Å². The van der Waals surface area contributed by atoms with Crippen LogP contribution in [0.2, 0.25) is 18.1 Å². The predicted octanol–water partition coefficient (Wildman–Crippen LogP) is 9.10. The molecule has 3 aliphatic carbocycles. The van der Waals surface area contributed by atoms with E-state index in [1.54, 1.807) is 13.2 Å². The predicted molar refractivity (Wildman–Crippen MR) is 246 cm³/mol. The molecule has 340 valence electrons. The Labute approximate surface area is 377 Å². The molecule has 1 aromatic heterocycles. The summed E-state index contributed by atoms with van der Waals surface area (Å²) in [5.74, 6) is -2.06. The molecule has 2 N–H and O–H groups in total. The number of nitrogens with one attached hydrogen (secondary N) is 1. The molecule has 1 amide bonds. The van der Waals surface area contributed by atoms with Crippen LogP contribution in [-0.4, -0.2) is 92.3 Å². The van der Waals surface area contributed by atoms with Crippen LogP contribution in [0.1, 0.15) is 102 Å². The topological polar surface area (TPSA) is 153 Å². The third-order valence-corrected chi connectivity index (χ3v) is 18.7. The fourth-order valence-electron chi connectivity index (χ4n) is 9.93. The number of methoxy groups -OCH3 is 1. The lowest BCUT2D eigenvalue weighted by Gasteiger charge is -2.55. The highest BCUT2D eigenvalue weighted by Crippen LogP contribution is 2.60. The van der Waals surface area contributed by atoms with Crippen LogP contribution in [-0.2, 0) is 28.9 Å². The second-order valence-corrected chi connectivity index (χ2v) is 24.3.